The Hall–Kier alpha value is -2.37. The number of hydrogen-bond donors (Lipinski definition) is 0. The van der Waals surface area contributed by atoms with Crippen LogP contribution in [-0.4, -0.2) is 40.2 Å². The van der Waals surface area contributed by atoms with Gasteiger partial charge in [-0.25, -0.2) is 9.78 Å². The highest BCUT2D eigenvalue weighted by molar-refractivity contribution is 5.74. The van der Waals surface area contributed by atoms with Crippen LogP contribution in [0.1, 0.15) is 5.69 Å². The van der Waals surface area contributed by atoms with E-state index in [1.807, 2.05) is 24.3 Å². The predicted octanol–water partition coefficient (Wildman–Crippen LogP) is 1.16. The first-order valence-corrected chi connectivity index (χ1v) is 6.55. The van der Waals surface area contributed by atoms with Gasteiger partial charge < -0.3 is 14.2 Å². The lowest BCUT2D eigenvalue weighted by Crippen LogP contribution is -2.32. The molecule has 0 N–H and O–H groups in total. The summed E-state index contributed by atoms with van der Waals surface area (Å²) in [6, 6.07) is 7.51. The fraction of sp³-hybridized carbons (Fsp3) is 0.357. The number of ether oxygens (including phenoxy) is 1. The highest BCUT2D eigenvalue weighted by Gasteiger charge is 2.21. The van der Waals surface area contributed by atoms with Crippen LogP contribution in [0.3, 0.4) is 0 Å². The molecule has 2 heterocycles. The number of fused-ring (bicyclic) bond motifs is 1. The summed E-state index contributed by atoms with van der Waals surface area (Å²) in [5.41, 5.74) is 1.92. The molecule has 1 amide bonds. The van der Waals surface area contributed by atoms with E-state index in [0.717, 1.165) is 11.0 Å². The zero-order valence-corrected chi connectivity index (χ0v) is 11.2. The largest absolute Gasteiger partial charge is 0.448 e. The molecule has 0 saturated carbocycles. The van der Waals surface area contributed by atoms with Crippen molar-refractivity contribution in [3.63, 3.8) is 0 Å². The number of amides is 1. The number of cyclic esters (lactones) is 1. The van der Waals surface area contributed by atoms with Gasteiger partial charge in [-0.15, -0.1) is 0 Å². The first-order valence-electron chi connectivity index (χ1n) is 6.55. The van der Waals surface area contributed by atoms with E-state index in [2.05, 4.69) is 4.98 Å². The Balaban J connectivity index is 1.95. The van der Waals surface area contributed by atoms with Crippen molar-refractivity contribution in [3.8, 4) is 0 Å². The summed E-state index contributed by atoms with van der Waals surface area (Å²) in [5.74, 6) is 0. The van der Waals surface area contributed by atoms with Crippen molar-refractivity contribution in [2.45, 2.75) is 13.5 Å². The second kappa shape index (κ2) is 4.96. The van der Waals surface area contributed by atoms with E-state index in [-0.39, 0.29) is 11.7 Å². The molecule has 3 rings (SSSR count). The van der Waals surface area contributed by atoms with E-state index >= 15 is 0 Å². The molecule has 6 heteroatoms. The molecule has 0 atom stereocenters. The summed E-state index contributed by atoms with van der Waals surface area (Å²) in [7, 11) is 0. The average molecular weight is 273 g/mol. The zero-order valence-electron chi connectivity index (χ0n) is 11.2. The van der Waals surface area contributed by atoms with E-state index in [0.29, 0.717) is 31.9 Å². The molecular formula is C14H15N3O3. The Morgan fingerprint density at radius 3 is 2.80 bits per heavy atom. The standard InChI is InChI=1S/C14H15N3O3/c1-10-13(18)17(7-6-16-8-9-20-14(16)19)12-5-3-2-4-11(12)15-10/h2-5H,6-9H2,1H3. The highest BCUT2D eigenvalue weighted by atomic mass is 16.6. The summed E-state index contributed by atoms with van der Waals surface area (Å²) in [4.78, 5) is 29.5. The maximum atomic E-state index is 12.2. The van der Waals surface area contributed by atoms with Gasteiger partial charge in [0, 0.05) is 13.1 Å². The van der Waals surface area contributed by atoms with Crippen LogP contribution >= 0.6 is 0 Å². The van der Waals surface area contributed by atoms with Crippen LogP contribution in [0.5, 0.6) is 0 Å². The smallest absolute Gasteiger partial charge is 0.410 e. The van der Waals surface area contributed by atoms with Crippen LogP contribution in [-0.2, 0) is 11.3 Å². The van der Waals surface area contributed by atoms with Gasteiger partial charge in [0.15, 0.2) is 0 Å². The minimum Gasteiger partial charge on any atom is -0.448 e. The van der Waals surface area contributed by atoms with Crippen molar-refractivity contribution >= 4 is 17.1 Å². The van der Waals surface area contributed by atoms with E-state index in [9.17, 15) is 9.59 Å². The number of carbonyl (C=O) groups is 1. The fourth-order valence-corrected chi connectivity index (χ4v) is 2.39. The minimum absolute atomic E-state index is 0.115. The Labute approximate surface area is 115 Å². The van der Waals surface area contributed by atoms with Crippen molar-refractivity contribution in [3.05, 3.63) is 40.3 Å². The molecule has 1 aromatic carbocycles. The summed E-state index contributed by atoms with van der Waals surface area (Å²) < 4.78 is 6.55. The molecule has 104 valence electrons. The first-order chi connectivity index (χ1) is 9.66. The van der Waals surface area contributed by atoms with Crippen molar-refractivity contribution in [2.24, 2.45) is 0 Å². The van der Waals surface area contributed by atoms with Crippen LogP contribution in [0, 0.1) is 6.92 Å². The van der Waals surface area contributed by atoms with Crippen molar-refractivity contribution in [1.29, 1.82) is 0 Å². The Morgan fingerprint density at radius 2 is 2.05 bits per heavy atom. The van der Waals surface area contributed by atoms with Gasteiger partial charge in [0.25, 0.3) is 5.56 Å². The molecule has 2 aromatic rings. The second-order valence-corrected chi connectivity index (χ2v) is 4.74. The number of rotatable bonds is 3. The molecular weight excluding hydrogens is 258 g/mol. The van der Waals surface area contributed by atoms with E-state index < -0.39 is 0 Å². The number of para-hydroxylation sites is 2. The molecule has 0 unspecified atom stereocenters. The third-order valence-corrected chi connectivity index (χ3v) is 3.45. The molecule has 0 bridgehead atoms. The van der Waals surface area contributed by atoms with Gasteiger partial charge in [-0.1, -0.05) is 12.1 Å². The quantitative estimate of drug-likeness (QED) is 0.841. The molecule has 6 nitrogen and oxygen atoms in total. The lowest BCUT2D eigenvalue weighted by molar-refractivity contribution is 0.157. The molecule has 0 aliphatic carbocycles. The minimum atomic E-state index is -0.312. The van der Waals surface area contributed by atoms with Gasteiger partial charge in [-0.05, 0) is 19.1 Å². The van der Waals surface area contributed by atoms with Gasteiger partial charge in [-0.3, -0.25) is 4.79 Å². The van der Waals surface area contributed by atoms with Gasteiger partial charge in [0.2, 0.25) is 0 Å². The maximum Gasteiger partial charge on any atom is 0.410 e. The zero-order chi connectivity index (χ0) is 14.1. The van der Waals surface area contributed by atoms with Crippen LogP contribution in [0.15, 0.2) is 29.1 Å². The van der Waals surface area contributed by atoms with Crippen molar-refractivity contribution in [2.75, 3.05) is 19.7 Å². The maximum absolute atomic E-state index is 12.2. The SMILES string of the molecule is Cc1nc2ccccc2n(CCN2CCOC2=O)c1=O. The van der Waals surface area contributed by atoms with Gasteiger partial charge in [0.1, 0.15) is 12.3 Å². The lowest BCUT2D eigenvalue weighted by atomic mass is 10.2. The lowest BCUT2D eigenvalue weighted by Gasteiger charge is -2.15. The molecule has 1 saturated heterocycles. The van der Waals surface area contributed by atoms with E-state index in [1.54, 1.807) is 16.4 Å². The number of aryl methyl sites for hydroxylation is 1. The van der Waals surface area contributed by atoms with Crippen LogP contribution in [0.4, 0.5) is 4.79 Å². The topological polar surface area (TPSA) is 64.4 Å². The molecule has 1 aromatic heterocycles. The molecule has 1 aliphatic heterocycles. The Morgan fingerprint density at radius 1 is 1.25 bits per heavy atom. The molecule has 0 radical (unpaired) electrons. The summed E-state index contributed by atoms with van der Waals surface area (Å²) in [6.45, 7) is 3.61. The monoisotopic (exact) mass is 273 g/mol. The molecule has 0 spiro atoms. The fourth-order valence-electron chi connectivity index (χ4n) is 2.39. The average Bonchev–Trinajstić information content (AvgIpc) is 2.85. The van der Waals surface area contributed by atoms with Crippen LogP contribution < -0.4 is 5.56 Å². The van der Waals surface area contributed by atoms with Crippen molar-refractivity contribution in [1.82, 2.24) is 14.5 Å². The summed E-state index contributed by atoms with van der Waals surface area (Å²) in [5, 5.41) is 0. The van der Waals surface area contributed by atoms with Crippen LogP contribution in [0.25, 0.3) is 11.0 Å². The summed E-state index contributed by atoms with van der Waals surface area (Å²) >= 11 is 0. The highest BCUT2D eigenvalue weighted by Crippen LogP contribution is 2.10. The van der Waals surface area contributed by atoms with Gasteiger partial charge in [-0.2, -0.15) is 0 Å². The molecule has 1 fully saturated rings. The number of benzene rings is 1. The summed E-state index contributed by atoms with van der Waals surface area (Å²) in [6.07, 6.45) is -0.312. The number of hydrogen-bond acceptors (Lipinski definition) is 4. The normalized spacial score (nSPS) is 14.8. The van der Waals surface area contributed by atoms with E-state index in [1.165, 1.54) is 0 Å². The number of nitrogens with zero attached hydrogens (tertiary/aromatic N) is 3. The first kappa shape index (κ1) is 12.7. The number of aromatic nitrogens is 2. The Bertz CT molecular complexity index is 723. The Kier molecular flexibility index (Phi) is 3.14. The van der Waals surface area contributed by atoms with Gasteiger partial charge in [0.05, 0.1) is 17.6 Å². The third-order valence-electron chi connectivity index (χ3n) is 3.45. The molecule has 20 heavy (non-hydrogen) atoms. The van der Waals surface area contributed by atoms with Gasteiger partial charge >= 0.3 is 6.09 Å². The molecule has 1 aliphatic rings. The van der Waals surface area contributed by atoms with Crippen LogP contribution in [0.2, 0.25) is 0 Å². The van der Waals surface area contributed by atoms with E-state index in [4.69, 9.17) is 4.74 Å². The second-order valence-electron chi connectivity index (χ2n) is 4.74. The third kappa shape index (κ3) is 2.13. The predicted molar refractivity (Wildman–Crippen MR) is 73.7 cm³/mol. The van der Waals surface area contributed by atoms with Crippen molar-refractivity contribution < 1.29 is 9.53 Å². The number of carbonyl (C=O) groups excluding carboxylic acids is 1.